The van der Waals surface area contributed by atoms with Crippen molar-refractivity contribution in [2.24, 2.45) is 0 Å². The van der Waals surface area contributed by atoms with Crippen molar-refractivity contribution in [2.75, 3.05) is 23.7 Å². The van der Waals surface area contributed by atoms with Gasteiger partial charge in [-0.25, -0.2) is 9.78 Å². The van der Waals surface area contributed by atoms with E-state index in [0.717, 1.165) is 25.9 Å². The summed E-state index contributed by atoms with van der Waals surface area (Å²) in [6, 6.07) is 1.46. The third-order valence-electron chi connectivity index (χ3n) is 2.55. The average molecular weight is 207 g/mol. The zero-order valence-electron chi connectivity index (χ0n) is 8.31. The smallest absolute Gasteiger partial charge is 0.337 e. The lowest BCUT2D eigenvalue weighted by molar-refractivity contribution is 0.0696. The molecule has 0 amide bonds. The molecule has 0 radical (unpaired) electrons. The van der Waals surface area contributed by atoms with Crippen LogP contribution in [0.5, 0.6) is 0 Å². The van der Waals surface area contributed by atoms with E-state index < -0.39 is 5.97 Å². The zero-order chi connectivity index (χ0) is 10.8. The monoisotopic (exact) mass is 207 g/mol. The lowest BCUT2D eigenvalue weighted by Gasteiger charge is -2.18. The van der Waals surface area contributed by atoms with Crippen LogP contribution in [0.1, 0.15) is 23.2 Å². The Kier molecular flexibility index (Phi) is 2.45. The van der Waals surface area contributed by atoms with Crippen LogP contribution in [0, 0.1) is 0 Å². The van der Waals surface area contributed by atoms with Crippen LogP contribution < -0.4 is 10.6 Å². The fourth-order valence-electron chi connectivity index (χ4n) is 1.78. The van der Waals surface area contributed by atoms with Crippen LogP contribution in [0.2, 0.25) is 0 Å². The minimum Gasteiger partial charge on any atom is -0.478 e. The van der Waals surface area contributed by atoms with E-state index in [0.29, 0.717) is 11.5 Å². The molecule has 0 atom stereocenters. The fraction of sp³-hybridized carbons (Fsp3) is 0.400. The number of carbonyl (C=O) groups is 1. The average Bonchev–Trinajstić information content (AvgIpc) is 2.70. The van der Waals surface area contributed by atoms with Crippen molar-refractivity contribution < 1.29 is 9.90 Å². The van der Waals surface area contributed by atoms with E-state index in [9.17, 15) is 4.79 Å². The number of nitrogens with zero attached hydrogens (tertiary/aromatic N) is 2. The van der Waals surface area contributed by atoms with Gasteiger partial charge >= 0.3 is 5.97 Å². The van der Waals surface area contributed by atoms with Gasteiger partial charge in [0.25, 0.3) is 0 Å². The lowest BCUT2D eigenvalue weighted by Crippen LogP contribution is -2.20. The number of nitrogens with two attached hydrogens (primary N) is 1. The van der Waals surface area contributed by atoms with Gasteiger partial charge in [0, 0.05) is 19.3 Å². The predicted molar refractivity (Wildman–Crippen MR) is 57.1 cm³/mol. The van der Waals surface area contributed by atoms with Gasteiger partial charge in [0.15, 0.2) is 5.82 Å². The van der Waals surface area contributed by atoms with Crippen LogP contribution in [-0.4, -0.2) is 29.1 Å². The minimum absolute atomic E-state index is 0.135. The van der Waals surface area contributed by atoms with E-state index in [-0.39, 0.29) is 5.56 Å². The Labute approximate surface area is 87.5 Å². The maximum absolute atomic E-state index is 10.7. The van der Waals surface area contributed by atoms with E-state index in [4.69, 9.17) is 10.8 Å². The molecule has 5 nitrogen and oxygen atoms in total. The highest BCUT2D eigenvalue weighted by Crippen LogP contribution is 2.24. The number of anilines is 2. The van der Waals surface area contributed by atoms with Crippen molar-refractivity contribution in [3.8, 4) is 0 Å². The Morgan fingerprint density at radius 1 is 1.47 bits per heavy atom. The van der Waals surface area contributed by atoms with Crippen molar-refractivity contribution >= 4 is 17.5 Å². The lowest BCUT2D eigenvalue weighted by atomic mass is 10.2. The van der Waals surface area contributed by atoms with E-state index >= 15 is 0 Å². The third kappa shape index (κ3) is 1.86. The standard InChI is InChI=1S/C10H13N3O2/c11-8-5-7(10(14)15)6-12-9(8)13-3-1-2-4-13/h5-6H,1-4,11H2,(H,14,15). The Balaban J connectivity index is 2.29. The van der Waals surface area contributed by atoms with E-state index in [2.05, 4.69) is 9.88 Å². The molecule has 0 aromatic carbocycles. The second-order valence-corrected chi connectivity index (χ2v) is 3.64. The van der Waals surface area contributed by atoms with Gasteiger partial charge in [0.2, 0.25) is 0 Å². The van der Waals surface area contributed by atoms with Crippen molar-refractivity contribution in [3.05, 3.63) is 17.8 Å². The molecule has 5 heteroatoms. The molecule has 1 aromatic rings. The van der Waals surface area contributed by atoms with Gasteiger partial charge in [-0.3, -0.25) is 0 Å². The van der Waals surface area contributed by atoms with Crippen LogP contribution in [0.3, 0.4) is 0 Å². The van der Waals surface area contributed by atoms with Crippen molar-refractivity contribution in [1.82, 2.24) is 4.98 Å². The first-order chi connectivity index (χ1) is 7.18. The van der Waals surface area contributed by atoms with Gasteiger partial charge in [-0.2, -0.15) is 0 Å². The summed E-state index contributed by atoms with van der Waals surface area (Å²) < 4.78 is 0. The number of hydrogen-bond donors (Lipinski definition) is 2. The minimum atomic E-state index is -0.998. The summed E-state index contributed by atoms with van der Waals surface area (Å²) >= 11 is 0. The number of carboxylic acid groups (broad SMARTS) is 1. The molecule has 15 heavy (non-hydrogen) atoms. The highest BCUT2D eigenvalue weighted by Gasteiger charge is 2.17. The molecule has 0 saturated carbocycles. The number of rotatable bonds is 2. The van der Waals surface area contributed by atoms with E-state index in [1.54, 1.807) is 0 Å². The zero-order valence-corrected chi connectivity index (χ0v) is 8.31. The molecule has 2 heterocycles. The van der Waals surface area contributed by atoms with Gasteiger partial charge in [0.05, 0.1) is 11.3 Å². The quantitative estimate of drug-likeness (QED) is 0.755. The second kappa shape index (κ2) is 3.76. The molecule has 0 bridgehead atoms. The number of nitrogen functional groups attached to an aromatic ring is 1. The maximum atomic E-state index is 10.7. The summed E-state index contributed by atoms with van der Waals surface area (Å²) in [4.78, 5) is 16.9. The first-order valence-electron chi connectivity index (χ1n) is 4.92. The molecule has 0 spiro atoms. The summed E-state index contributed by atoms with van der Waals surface area (Å²) in [6.07, 6.45) is 3.63. The molecule has 1 fully saturated rings. The second-order valence-electron chi connectivity index (χ2n) is 3.64. The third-order valence-corrected chi connectivity index (χ3v) is 2.55. The molecule has 2 rings (SSSR count). The molecule has 1 aromatic heterocycles. The van der Waals surface area contributed by atoms with Gasteiger partial charge in [-0.1, -0.05) is 0 Å². The Bertz CT molecular complexity index is 386. The summed E-state index contributed by atoms with van der Waals surface area (Å²) in [5, 5.41) is 8.76. The number of aromatic carboxylic acids is 1. The summed E-state index contributed by atoms with van der Waals surface area (Å²) in [7, 11) is 0. The first kappa shape index (κ1) is 9.76. The normalized spacial score (nSPS) is 15.6. The Morgan fingerprint density at radius 3 is 2.67 bits per heavy atom. The Morgan fingerprint density at radius 2 is 2.13 bits per heavy atom. The Hall–Kier alpha value is -1.78. The van der Waals surface area contributed by atoms with Gasteiger partial charge in [-0.05, 0) is 18.9 Å². The fourth-order valence-corrected chi connectivity index (χ4v) is 1.78. The molecule has 3 N–H and O–H groups in total. The highest BCUT2D eigenvalue weighted by molar-refractivity contribution is 5.89. The SMILES string of the molecule is Nc1cc(C(=O)O)cnc1N1CCCC1. The largest absolute Gasteiger partial charge is 0.478 e. The van der Waals surface area contributed by atoms with Crippen LogP contribution in [0.4, 0.5) is 11.5 Å². The number of aromatic nitrogens is 1. The number of carboxylic acids is 1. The van der Waals surface area contributed by atoms with E-state index in [1.807, 2.05) is 0 Å². The molecular formula is C10H13N3O2. The predicted octanol–water partition coefficient (Wildman–Crippen LogP) is 0.962. The number of pyridine rings is 1. The maximum Gasteiger partial charge on any atom is 0.337 e. The van der Waals surface area contributed by atoms with Crippen LogP contribution in [0.25, 0.3) is 0 Å². The van der Waals surface area contributed by atoms with Crippen molar-refractivity contribution in [2.45, 2.75) is 12.8 Å². The highest BCUT2D eigenvalue weighted by atomic mass is 16.4. The number of hydrogen-bond acceptors (Lipinski definition) is 4. The first-order valence-corrected chi connectivity index (χ1v) is 4.92. The topological polar surface area (TPSA) is 79.5 Å². The molecular weight excluding hydrogens is 194 g/mol. The molecule has 1 saturated heterocycles. The van der Waals surface area contributed by atoms with Crippen LogP contribution in [-0.2, 0) is 0 Å². The molecule has 1 aliphatic heterocycles. The van der Waals surface area contributed by atoms with Crippen molar-refractivity contribution in [3.63, 3.8) is 0 Å². The molecule has 0 unspecified atom stereocenters. The van der Waals surface area contributed by atoms with Crippen LogP contribution in [0.15, 0.2) is 12.3 Å². The summed E-state index contributed by atoms with van der Waals surface area (Å²) in [5.74, 6) is -0.292. The van der Waals surface area contributed by atoms with E-state index in [1.165, 1.54) is 12.3 Å². The van der Waals surface area contributed by atoms with Gasteiger partial charge in [0.1, 0.15) is 0 Å². The summed E-state index contributed by atoms with van der Waals surface area (Å²) in [6.45, 7) is 1.90. The van der Waals surface area contributed by atoms with Crippen molar-refractivity contribution in [1.29, 1.82) is 0 Å². The summed E-state index contributed by atoms with van der Waals surface area (Å²) in [5.41, 5.74) is 6.35. The van der Waals surface area contributed by atoms with Gasteiger partial charge < -0.3 is 15.7 Å². The molecule has 0 aliphatic carbocycles. The van der Waals surface area contributed by atoms with Crippen LogP contribution >= 0.6 is 0 Å². The molecule has 80 valence electrons. The molecule has 1 aliphatic rings. The van der Waals surface area contributed by atoms with Gasteiger partial charge in [-0.15, -0.1) is 0 Å².